The highest BCUT2D eigenvalue weighted by Gasteiger charge is 2.16. The smallest absolute Gasteiger partial charge is 0.0480 e. The van der Waals surface area contributed by atoms with E-state index >= 15 is 0 Å². The average molecular weight is 417 g/mol. The van der Waals surface area contributed by atoms with E-state index in [4.69, 9.17) is 11.5 Å². The van der Waals surface area contributed by atoms with Crippen LogP contribution >= 0.6 is 0 Å². The molecule has 0 saturated carbocycles. The maximum atomic E-state index is 6.83. The van der Waals surface area contributed by atoms with Crippen molar-refractivity contribution >= 4 is 32.8 Å². The SMILES string of the molecule is C=C/C(=C\CC(/C=C\C)=C/N)c1ccccc1-c1c(N)c2ccccc2c2ccccc12. The van der Waals surface area contributed by atoms with Crippen LogP contribution in [-0.2, 0) is 0 Å². The van der Waals surface area contributed by atoms with E-state index in [2.05, 4.69) is 79.4 Å². The molecule has 0 atom stereocenters. The molecule has 0 fully saturated rings. The van der Waals surface area contributed by atoms with Crippen LogP contribution < -0.4 is 11.5 Å². The van der Waals surface area contributed by atoms with Gasteiger partial charge >= 0.3 is 0 Å². The summed E-state index contributed by atoms with van der Waals surface area (Å²) in [6.07, 6.45) is 10.5. The molecule has 0 aliphatic heterocycles. The minimum atomic E-state index is 0.727. The zero-order valence-corrected chi connectivity index (χ0v) is 18.4. The minimum Gasteiger partial charge on any atom is -0.404 e. The van der Waals surface area contributed by atoms with E-state index in [-0.39, 0.29) is 0 Å². The summed E-state index contributed by atoms with van der Waals surface area (Å²) in [5, 5.41) is 4.59. The van der Waals surface area contributed by atoms with Crippen molar-refractivity contribution < 1.29 is 0 Å². The van der Waals surface area contributed by atoms with Gasteiger partial charge in [0.05, 0.1) is 0 Å². The van der Waals surface area contributed by atoms with Gasteiger partial charge in [-0.25, -0.2) is 0 Å². The second kappa shape index (κ2) is 9.40. The zero-order valence-electron chi connectivity index (χ0n) is 18.4. The third-order valence-electron chi connectivity index (χ3n) is 5.85. The summed E-state index contributed by atoms with van der Waals surface area (Å²) in [6.45, 7) is 6.08. The summed E-state index contributed by atoms with van der Waals surface area (Å²) in [5.74, 6) is 0. The van der Waals surface area contributed by atoms with E-state index in [1.807, 2.05) is 31.2 Å². The van der Waals surface area contributed by atoms with Gasteiger partial charge in [0.2, 0.25) is 0 Å². The van der Waals surface area contributed by atoms with Gasteiger partial charge in [-0.3, -0.25) is 0 Å². The van der Waals surface area contributed by atoms with E-state index in [1.54, 1.807) is 6.20 Å². The Hall–Kier alpha value is -4.04. The lowest BCUT2D eigenvalue weighted by atomic mass is 9.87. The third-order valence-corrected chi connectivity index (χ3v) is 5.85. The van der Waals surface area contributed by atoms with Crippen LogP contribution in [0.4, 0.5) is 5.69 Å². The number of benzene rings is 4. The lowest BCUT2D eigenvalue weighted by Gasteiger charge is -2.18. The Bertz CT molecular complexity index is 1390. The molecule has 0 unspecified atom stereocenters. The Morgan fingerprint density at radius 1 is 0.844 bits per heavy atom. The molecule has 32 heavy (non-hydrogen) atoms. The van der Waals surface area contributed by atoms with Gasteiger partial charge in [-0.05, 0) is 58.0 Å². The van der Waals surface area contributed by atoms with Crippen molar-refractivity contribution in [2.24, 2.45) is 5.73 Å². The zero-order chi connectivity index (χ0) is 22.5. The highest BCUT2D eigenvalue weighted by Crippen LogP contribution is 2.43. The van der Waals surface area contributed by atoms with Gasteiger partial charge in [0.25, 0.3) is 0 Å². The number of nitrogen functional groups attached to an aromatic ring is 1. The summed E-state index contributed by atoms with van der Waals surface area (Å²) in [5.41, 5.74) is 18.8. The molecule has 4 rings (SSSR count). The second-order valence-corrected chi connectivity index (χ2v) is 7.73. The van der Waals surface area contributed by atoms with Crippen molar-refractivity contribution in [2.75, 3.05) is 5.73 Å². The topological polar surface area (TPSA) is 52.0 Å². The van der Waals surface area contributed by atoms with Crippen LogP contribution in [0, 0.1) is 0 Å². The van der Waals surface area contributed by atoms with E-state index in [1.165, 1.54) is 10.8 Å². The molecule has 4 aromatic carbocycles. The van der Waals surface area contributed by atoms with Crippen LogP contribution in [0.1, 0.15) is 18.9 Å². The van der Waals surface area contributed by atoms with Crippen LogP contribution in [0.5, 0.6) is 0 Å². The molecule has 4 aromatic rings. The number of fused-ring (bicyclic) bond motifs is 3. The first-order valence-corrected chi connectivity index (χ1v) is 10.8. The van der Waals surface area contributed by atoms with Crippen molar-refractivity contribution in [1.82, 2.24) is 0 Å². The molecule has 0 aliphatic carbocycles. The number of hydrogen-bond acceptors (Lipinski definition) is 2. The van der Waals surface area contributed by atoms with Gasteiger partial charge in [0.15, 0.2) is 0 Å². The lowest BCUT2D eigenvalue weighted by Crippen LogP contribution is -1.97. The molecule has 4 N–H and O–H groups in total. The second-order valence-electron chi connectivity index (χ2n) is 7.73. The fraction of sp³-hybridized carbons (Fsp3) is 0.0667. The molecule has 0 amide bonds. The molecule has 0 radical (unpaired) electrons. The normalized spacial score (nSPS) is 12.7. The predicted molar refractivity (Wildman–Crippen MR) is 141 cm³/mol. The fourth-order valence-electron chi connectivity index (χ4n) is 4.35. The third kappa shape index (κ3) is 3.83. The van der Waals surface area contributed by atoms with Gasteiger partial charge in [0, 0.05) is 16.6 Å². The molecule has 0 heterocycles. The molecule has 0 saturated heterocycles. The van der Waals surface area contributed by atoms with Crippen LogP contribution in [0.3, 0.4) is 0 Å². The molecular weight excluding hydrogens is 388 g/mol. The summed E-state index contributed by atoms with van der Waals surface area (Å²) in [4.78, 5) is 0. The van der Waals surface area contributed by atoms with Crippen LogP contribution in [0.2, 0.25) is 0 Å². The quantitative estimate of drug-likeness (QED) is 0.193. The van der Waals surface area contributed by atoms with Gasteiger partial charge < -0.3 is 11.5 Å². The Balaban J connectivity index is 1.98. The van der Waals surface area contributed by atoms with Gasteiger partial charge in [0.1, 0.15) is 0 Å². The summed E-state index contributed by atoms with van der Waals surface area (Å²) >= 11 is 0. The number of hydrogen-bond donors (Lipinski definition) is 2. The van der Waals surface area contributed by atoms with Crippen molar-refractivity contribution in [3.05, 3.63) is 121 Å². The largest absolute Gasteiger partial charge is 0.404 e. The van der Waals surface area contributed by atoms with Gasteiger partial charge in [-0.1, -0.05) is 104 Å². The Morgan fingerprint density at radius 3 is 2.09 bits per heavy atom. The van der Waals surface area contributed by atoms with E-state index in [0.717, 1.165) is 50.7 Å². The predicted octanol–water partition coefficient (Wildman–Crippen LogP) is 7.62. The van der Waals surface area contributed by atoms with Crippen molar-refractivity contribution in [3.63, 3.8) is 0 Å². The summed E-state index contributed by atoms with van der Waals surface area (Å²) in [6, 6.07) is 25.2. The molecule has 0 aromatic heterocycles. The average Bonchev–Trinajstić information content (AvgIpc) is 2.84. The maximum Gasteiger partial charge on any atom is 0.0480 e. The van der Waals surface area contributed by atoms with E-state index in [9.17, 15) is 0 Å². The van der Waals surface area contributed by atoms with Crippen LogP contribution in [-0.4, -0.2) is 0 Å². The highest BCUT2D eigenvalue weighted by molar-refractivity contribution is 6.21. The monoisotopic (exact) mass is 416 g/mol. The Morgan fingerprint density at radius 2 is 1.44 bits per heavy atom. The molecule has 2 heteroatoms. The first-order chi connectivity index (χ1) is 15.7. The molecule has 0 spiro atoms. The fourth-order valence-corrected chi connectivity index (χ4v) is 4.35. The van der Waals surface area contributed by atoms with Crippen molar-refractivity contribution in [2.45, 2.75) is 13.3 Å². The highest BCUT2D eigenvalue weighted by atomic mass is 14.6. The molecule has 0 aliphatic rings. The van der Waals surface area contributed by atoms with Crippen LogP contribution in [0.25, 0.3) is 38.2 Å². The van der Waals surface area contributed by atoms with Crippen molar-refractivity contribution in [3.8, 4) is 11.1 Å². The first-order valence-electron chi connectivity index (χ1n) is 10.8. The van der Waals surface area contributed by atoms with E-state index in [0.29, 0.717) is 0 Å². The minimum absolute atomic E-state index is 0.727. The number of rotatable bonds is 6. The van der Waals surface area contributed by atoms with E-state index < -0.39 is 0 Å². The first kappa shape index (κ1) is 21.2. The lowest BCUT2D eigenvalue weighted by molar-refractivity contribution is 1.26. The van der Waals surface area contributed by atoms with Crippen LogP contribution in [0.15, 0.2) is 115 Å². The number of allylic oxidation sites excluding steroid dienone is 6. The summed E-state index contributed by atoms with van der Waals surface area (Å²) in [7, 11) is 0. The molecule has 2 nitrogen and oxygen atoms in total. The molecular formula is C30H28N2. The molecule has 0 bridgehead atoms. The summed E-state index contributed by atoms with van der Waals surface area (Å²) < 4.78 is 0. The maximum absolute atomic E-state index is 6.83. The van der Waals surface area contributed by atoms with Gasteiger partial charge in [-0.2, -0.15) is 0 Å². The standard InChI is InChI=1S/C30H28N2/c1-3-11-21(20-31)18-19-22(4-2)23-12-5-8-15-26(23)29-27-16-9-6-13-24(27)25-14-7-10-17-28(25)30(29)32/h3-17,19-20H,2,18,31-32H2,1H3/b11-3-,21-20+,22-19+. The Labute approximate surface area is 189 Å². The number of anilines is 1. The van der Waals surface area contributed by atoms with Gasteiger partial charge in [-0.15, -0.1) is 0 Å². The number of nitrogens with two attached hydrogens (primary N) is 2. The Kier molecular flexibility index (Phi) is 6.23. The molecule has 158 valence electrons. The van der Waals surface area contributed by atoms with Crippen molar-refractivity contribution in [1.29, 1.82) is 0 Å².